The molecule has 0 spiro atoms. The summed E-state index contributed by atoms with van der Waals surface area (Å²) >= 11 is 1.92. The molecule has 0 saturated heterocycles. The van der Waals surface area contributed by atoms with E-state index in [1.54, 1.807) is 0 Å². The molecule has 0 radical (unpaired) electrons. The lowest BCUT2D eigenvalue weighted by molar-refractivity contribution is 0.295. The Morgan fingerprint density at radius 3 is 3.00 bits per heavy atom. The Labute approximate surface area is 115 Å². The molecule has 3 nitrogen and oxygen atoms in total. The summed E-state index contributed by atoms with van der Waals surface area (Å²) in [7, 11) is 0. The Kier molecular flexibility index (Phi) is 5.57. The van der Waals surface area contributed by atoms with Gasteiger partial charge in [-0.05, 0) is 38.1 Å². The first-order valence-corrected chi connectivity index (χ1v) is 8.10. The second-order valence-corrected chi connectivity index (χ2v) is 6.43. The van der Waals surface area contributed by atoms with Crippen LogP contribution in [0.15, 0.2) is 17.6 Å². The van der Waals surface area contributed by atoms with E-state index in [9.17, 15) is 0 Å². The monoisotopic (exact) mass is 267 g/mol. The maximum absolute atomic E-state index is 4.36. The maximum Gasteiger partial charge on any atom is 0.165 e. The molecule has 0 aromatic carbocycles. The first-order valence-electron chi connectivity index (χ1n) is 7.22. The van der Waals surface area contributed by atoms with Crippen LogP contribution >= 0.6 is 11.8 Å². The number of thioether (sulfide) groups is 1. The molecule has 1 heterocycles. The van der Waals surface area contributed by atoms with Gasteiger partial charge in [0.15, 0.2) is 5.16 Å². The highest BCUT2D eigenvalue weighted by Crippen LogP contribution is 2.36. The van der Waals surface area contributed by atoms with Gasteiger partial charge in [0.1, 0.15) is 0 Å². The molecule has 0 bridgehead atoms. The number of hydrogen-bond donors (Lipinski definition) is 2. The fourth-order valence-electron chi connectivity index (χ4n) is 2.73. The molecule has 0 aliphatic heterocycles. The number of imidazole rings is 1. The molecule has 1 aromatic rings. The molecule has 2 N–H and O–H groups in total. The van der Waals surface area contributed by atoms with E-state index in [1.807, 2.05) is 24.2 Å². The van der Waals surface area contributed by atoms with E-state index >= 15 is 0 Å². The summed E-state index contributed by atoms with van der Waals surface area (Å²) in [6.45, 7) is 5.69. The van der Waals surface area contributed by atoms with Gasteiger partial charge in [0, 0.05) is 23.7 Å². The molecule has 18 heavy (non-hydrogen) atoms. The van der Waals surface area contributed by atoms with Gasteiger partial charge in [0.05, 0.1) is 0 Å². The summed E-state index contributed by atoms with van der Waals surface area (Å²) in [4.78, 5) is 7.57. The standard InChI is InChI=1S/C14H25N3S/c1-3-7-15-12-6-5-11(4-2)10-13(12)18-14-16-8-9-17-14/h8-9,11-13,15H,3-7,10H2,1-2H3,(H,16,17). The second-order valence-electron chi connectivity index (χ2n) is 5.20. The van der Waals surface area contributed by atoms with E-state index < -0.39 is 0 Å². The van der Waals surface area contributed by atoms with E-state index in [0.717, 1.165) is 17.6 Å². The number of nitrogens with one attached hydrogen (secondary N) is 2. The lowest BCUT2D eigenvalue weighted by Crippen LogP contribution is -2.42. The number of aromatic amines is 1. The molecule has 1 fully saturated rings. The van der Waals surface area contributed by atoms with Crippen LogP contribution in [0.5, 0.6) is 0 Å². The lowest BCUT2D eigenvalue weighted by atomic mass is 9.84. The van der Waals surface area contributed by atoms with Gasteiger partial charge in [0.2, 0.25) is 0 Å². The third-order valence-corrected chi connectivity index (χ3v) is 5.14. The van der Waals surface area contributed by atoms with Gasteiger partial charge >= 0.3 is 0 Å². The van der Waals surface area contributed by atoms with Gasteiger partial charge in [-0.25, -0.2) is 4.98 Å². The SMILES string of the molecule is CCCNC1CCC(CC)CC1Sc1ncc[nH]1. The largest absolute Gasteiger partial charge is 0.340 e. The van der Waals surface area contributed by atoms with Crippen molar-refractivity contribution in [3.8, 4) is 0 Å². The van der Waals surface area contributed by atoms with Crippen molar-refractivity contribution in [3.05, 3.63) is 12.4 Å². The molecule has 2 rings (SSSR count). The van der Waals surface area contributed by atoms with Crippen LogP contribution in [0.1, 0.15) is 46.0 Å². The van der Waals surface area contributed by atoms with Crippen molar-refractivity contribution in [2.24, 2.45) is 5.92 Å². The number of hydrogen-bond acceptors (Lipinski definition) is 3. The Balaban J connectivity index is 1.94. The number of nitrogens with zero attached hydrogens (tertiary/aromatic N) is 1. The summed E-state index contributed by atoms with van der Waals surface area (Å²) in [6, 6.07) is 0.655. The van der Waals surface area contributed by atoms with E-state index in [2.05, 4.69) is 29.1 Å². The highest BCUT2D eigenvalue weighted by molar-refractivity contribution is 7.99. The molecule has 3 unspecified atom stereocenters. The van der Waals surface area contributed by atoms with Crippen molar-refractivity contribution in [2.75, 3.05) is 6.54 Å². The number of H-pyrrole nitrogens is 1. The molecule has 1 aromatic heterocycles. The summed E-state index contributed by atoms with van der Waals surface area (Å²) in [6.07, 6.45) is 10.3. The minimum Gasteiger partial charge on any atom is -0.340 e. The molecule has 1 saturated carbocycles. The smallest absolute Gasteiger partial charge is 0.165 e. The Hall–Kier alpha value is -0.480. The summed E-state index contributed by atoms with van der Waals surface area (Å²) < 4.78 is 0. The van der Waals surface area contributed by atoms with Crippen LogP contribution < -0.4 is 5.32 Å². The van der Waals surface area contributed by atoms with Crippen molar-refractivity contribution in [3.63, 3.8) is 0 Å². The predicted molar refractivity (Wildman–Crippen MR) is 77.9 cm³/mol. The quantitative estimate of drug-likeness (QED) is 0.829. The first kappa shape index (κ1) is 13.9. The molecule has 0 amide bonds. The van der Waals surface area contributed by atoms with Crippen LogP contribution in [-0.2, 0) is 0 Å². The van der Waals surface area contributed by atoms with E-state index in [4.69, 9.17) is 0 Å². The lowest BCUT2D eigenvalue weighted by Gasteiger charge is -2.35. The fourth-order valence-corrected chi connectivity index (χ4v) is 4.04. The molecule has 102 valence electrons. The fraction of sp³-hybridized carbons (Fsp3) is 0.786. The van der Waals surface area contributed by atoms with Crippen molar-refractivity contribution in [1.82, 2.24) is 15.3 Å². The minimum absolute atomic E-state index is 0.655. The van der Waals surface area contributed by atoms with Crippen LogP contribution in [-0.4, -0.2) is 27.8 Å². The van der Waals surface area contributed by atoms with Gasteiger partial charge in [-0.1, -0.05) is 32.0 Å². The molecular formula is C14H25N3S. The zero-order chi connectivity index (χ0) is 12.8. The number of rotatable bonds is 6. The van der Waals surface area contributed by atoms with E-state index in [-0.39, 0.29) is 0 Å². The van der Waals surface area contributed by atoms with E-state index in [1.165, 1.54) is 32.1 Å². The number of aromatic nitrogens is 2. The zero-order valence-electron chi connectivity index (χ0n) is 11.5. The van der Waals surface area contributed by atoms with Gasteiger partial charge in [-0.3, -0.25) is 0 Å². The topological polar surface area (TPSA) is 40.7 Å². The average molecular weight is 267 g/mol. The molecular weight excluding hydrogens is 242 g/mol. The molecule has 3 atom stereocenters. The van der Waals surface area contributed by atoms with Crippen molar-refractivity contribution in [1.29, 1.82) is 0 Å². The first-order chi connectivity index (χ1) is 8.83. The highest BCUT2D eigenvalue weighted by Gasteiger charge is 2.30. The van der Waals surface area contributed by atoms with Crippen LogP contribution in [0, 0.1) is 5.92 Å². The third kappa shape index (κ3) is 3.75. The van der Waals surface area contributed by atoms with Gasteiger partial charge in [-0.15, -0.1) is 0 Å². The van der Waals surface area contributed by atoms with Crippen LogP contribution in [0.2, 0.25) is 0 Å². The Bertz CT molecular complexity index is 326. The summed E-state index contributed by atoms with van der Waals surface area (Å²) in [5, 5.41) is 5.45. The minimum atomic E-state index is 0.655. The molecule has 4 heteroatoms. The second kappa shape index (κ2) is 7.19. The van der Waals surface area contributed by atoms with Crippen LogP contribution in [0.3, 0.4) is 0 Å². The molecule has 1 aliphatic carbocycles. The Morgan fingerprint density at radius 1 is 1.44 bits per heavy atom. The van der Waals surface area contributed by atoms with Gasteiger partial charge < -0.3 is 10.3 Å². The maximum atomic E-state index is 4.36. The van der Waals surface area contributed by atoms with Crippen LogP contribution in [0.4, 0.5) is 0 Å². The normalized spacial score (nSPS) is 28.4. The van der Waals surface area contributed by atoms with Gasteiger partial charge in [0.25, 0.3) is 0 Å². The predicted octanol–water partition coefficient (Wildman–Crippen LogP) is 3.45. The van der Waals surface area contributed by atoms with Crippen molar-refractivity contribution >= 4 is 11.8 Å². The summed E-state index contributed by atoms with van der Waals surface area (Å²) in [5.41, 5.74) is 0. The average Bonchev–Trinajstić information content (AvgIpc) is 2.90. The zero-order valence-corrected chi connectivity index (χ0v) is 12.3. The Morgan fingerprint density at radius 2 is 2.33 bits per heavy atom. The van der Waals surface area contributed by atoms with Crippen molar-refractivity contribution < 1.29 is 0 Å². The highest BCUT2D eigenvalue weighted by atomic mass is 32.2. The molecule has 1 aliphatic rings. The van der Waals surface area contributed by atoms with Gasteiger partial charge in [-0.2, -0.15) is 0 Å². The third-order valence-electron chi connectivity index (χ3n) is 3.87. The van der Waals surface area contributed by atoms with Crippen molar-refractivity contribution in [2.45, 2.75) is 62.4 Å². The van der Waals surface area contributed by atoms with E-state index in [0.29, 0.717) is 11.3 Å². The summed E-state index contributed by atoms with van der Waals surface area (Å²) in [5.74, 6) is 0.900. The van der Waals surface area contributed by atoms with Crippen LogP contribution in [0.25, 0.3) is 0 Å².